The monoisotopic (exact) mass is 338 g/mol. The molecule has 6 heteroatoms. The number of hydrogen-bond donors (Lipinski definition) is 0. The molecule has 0 amide bonds. The molecule has 2 saturated heterocycles. The highest BCUT2D eigenvalue weighted by molar-refractivity contribution is 6.85. The molecule has 3 aliphatic rings. The zero-order valence-corrected chi connectivity index (χ0v) is 14.1. The van der Waals surface area contributed by atoms with Crippen LogP contribution >= 0.6 is 0 Å². The molecule has 0 N–H and O–H groups in total. The standard InChI is InChI=1S/C19H19BO5/c1-21-20-14-4-2-6-16(24-10-12-8-22-12)18(14)19-15(20)5-3-7-17(19)25-11-13-9-23-13/h2-7,12-13H,8-11H2,1H3. The minimum absolute atomic E-state index is 0.105. The molecular weight excluding hydrogens is 319 g/mol. The Kier molecular flexibility index (Phi) is 3.70. The van der Waals surface area contributed by atoms with Crippen LogP contribution in [0.15, 0.2) is 36.4 Å². The molecule has 0 aliphatic carbocycles. The van der Waals surface area contributed by atoms with Crippen LogP contribution in [-0.4, -0.2) is 52.7 Å². The van der Waals surface area contributed by atoms with E-state index in [1.54, 1.807) is 7.11 Å². The highest BCUT2D eigenvalue weighted by Gasteiger charge is 2.38. The number of hydrogen-bond acceptors (Lipinski definition) is 5. The third kappa shape index (κ3) is 2.80. The Bertz CT molecular complexity index is 735. The molecule has 2 atom stereocenters. The van der Waals surface area contributed by atoms with E-state index in [1.165, 1.54) is 0 Å². The zero-order valence-electron chi connectivity index (χ0n) is 14.1. The van der Waals surface area contributed by atoms with Crippen LogP contribution in [0.2, 0.25) is 0 Å². The van der Waals surface area contributed by atoms with Crippen molar-refractivity contribution in [2.24, 2.45) is 0 Å². The maximum absolute atomic E-state index is 6.05. The van der Waals surface area contributed by atoms with Gasteiger partial charge >= 0.3 is 6.92 Å². The summed E-state index contributed by atoms with van der Waals surface area (Å²) in [6, 6.07) is 12.2. The molecule has 2 aromatic rings. The summed E-state index contributed by atoms with van der Waals surface area (Å²) in [7, 11) is 1.74. The second-order valence-corrected chi connectivity index (χ2v) is 6.59. The predicted molar refractivity (Wildman–Crippen MR) is 94.4 cm³/mol. The fraction of sp³-hybridized carbons (Fsp3) is 0.368. The zero-order chi connectivity index (χ0) is 16.8. The lowest BCUT2D eigenvalue weighted by Crippen LogP contribution is -2.40. The van der Waals surface area contributed by atoms with Gasteiger partial charge in [-0.3, -0.25) is 0 Å². The van der Waals surface area contributed by atoms with Crippen LogP contribution in [0.5, 0.6) is 11.5 Å². The van der Waals surface area contributed by atoms with Gasteiger partial charge in [0.15, 0.2) is 0 Å². The molecular formula is C19H19BO5. The minimum atomic E-state index is -0.105. The summed E-state index contributed by atoms with van der Waals surface area (Å²) in [6.45, 7) is 2.60. The highest BCUT2D eigenvalue weighted by Crippen LogP contribution is 2.38. The molecule has 0 aromatic heterocycles. The molecule has 2 unspecified atom stereocenters. The Labute approximate surface area is 146 Å². The van der Waals surface area contributed by atoms with Crippen molar-refractivity contribution >= 4 is 17.8 Å². The lowest BCUT2D eigenvalue weighted by molar-refractivity contribution is 0.261. The van der Waals surface area contributed by atoms with Crippen LogP contribution < -0.4 is 20.4 Å². The van der Waals surface area contributed by atoms with Gasteiger partial charge in [0.2, 0.25) is 0 Å². The van der Waals surface area contributed by atoms with Gasteiger partial charge in [-0.25, -0.2) is 0 Å². The van der Waals surface area contributed by atoms with E-state index in [0.29, 0.717) is 13.2 Å². The van der Waals surface area contributed by atoms with E-state index in [0.717, 1.165) is 46.8 Å². The Morgan fingerprint density at radius 1 is 0.880 bits per heavy atom. The first kappa shape index (κ1) is 15.3. The summed E-state index contributed by atoms with van der Waals surface area (Å²) in [4.78, 5) is 0. The van der Waals surface area contributed by atoms with Gasteiger partial charge in [0.05, 0.1) is 13.2 Å². The van der Waals surface area contributed by atoms with E-state index in [-0.39, 0.29) is 19.1 Å². The molecule has 25 heavy (non-hydrogen) atoms. The Hall–Kier alpha value is -2.02. The van der Waals surface area contributed by atoms with Crippen molar-refractivity contribution in [1.82, 2.24) is 0 Å². The molecule has 0 bridgehead atoms. The molecule has 0 radical (unpaired) electrons. The molecule has 3 heterocycles. The van der Waals surface area contributed by atoms with Crippen LogP contribution in [0.3, 0.4) is 0 Å². The Morgan fingerprint density at radius 2 is 1.36 bits per heavy atom. The van der Waals surface area contributed by atoms with Gasteiger partial charge in [-0.15, -0.1) is 0 Å². The van der Waals surface area contributed by atoms with Crippen LogP contribution in [0.25, 0.3) is 11.1 Å². The van der Waals surface area contributed by atoms with E-state index < -0.39 is 0 Å². The first-order chi connectivity index (χ1) is 12.3. The summed E-state index contributed by atoms with van der Waals surface area (Å²) in [5.41, 5.74) is 4.37. The Morgan fingerprint density at radius 3 is 1.76 bits per heavy atom. The van der Waals surface area contributed by atoms with Crippen LogP contribution in [0, 0.1) is 0 Å². The molecule has 128 valence electrons. The fourth-order valence-electron chi connectivity index (χ4n) is 3.42. The van der Waals surface area contributed by atoms with Gasteiger partial charge in [0.25, 0.3) is 0 Å². The first-order valence-corrected chi connectivity index (χ1v) is 8.63. The average molecular weight is 338 g/mol. The molecule has 0 saturated carbocycles. The first-order valence-electron chi connectivity index (χ1n) is 8.63. The molecule has 5 rings (SSSR count). The quantitative estimate of drug-likeness (QED) is 0.556. The predicted octanol–water partition coefficient (Wildman–Crippen LogP) is 0.974. The van der Waals surface area contributed by atoms with Gasteiger partial charge in [-0.2, -0.15) is 0 Å². The summed E-state index contributed by atoms with van der Waals surface area (Å²) in [5.74, 6) is 1.71. The fourth-order valence-corrected chi connectivity index (χ4v) is 3.42. The van der Waals surface area contributed by atoms with Gasteiger partial charge in [-0.05, 0) is 23.1 Å². The second kappa shape index (κ2) is 6.06. The molecule has 5 nitrogen and oxygen atoms in total. The number of benzene rings is 2. The average Bonchev–Trinajstić information content (AvgIpc) is 3.55. The third-order valence-corrected chi connectivity index (χ3v) is 4.82. The summed E-state index contributed by atoms with van der Waals surface area (Å²) >= 11 is 0. The van der Waals surface area contributed by atoms with Gasteiger partial charge in [-0.1, -0.05) is 24.3 Å². The van der Waals surface area contributed by atoms with Crippen molar-refractivity contribution in [2.45, 2.75) is 12.2 Å². The van der Waals surface area contributed by atoms with Crippen molar-refractivity contribution in [1.29, 1.82) is 0 Å². The third-order valence-electron chi connectivity index (χ3n) is 4.82. The van der Waals surface area contributed by atoms with Crippen molar-refractivity contribution in [3.05, 3.63) is 36.4 Å². The smallest absolute Gasteiger partial charge is 0.362 e. The lowest BCUT2D eigenvalue weighted by atomic mass is 9.59. The van der Waals surface area contributed by atoms with Gasteiger partial charge in [0.1, 0.15) is 36.9 Å². The van der Waals surface area contributed by atoms with Gasteiger partial charge < -0.3 is 23.6 Å². The second-order valence-electron chi connectivity index (χ2n) is 6.59. The van der Waals surface area contributed by atoms with E-state index in [1.807, 2.05) is 24.3 Å². The van der Waals surface area contributed by atoms with E-state index in [2.05, 4.69) is 12.1 Å². The topological polar surface area (TPSA) is 52.8 Å². The lowest BCUT2D eigenvalue weighted by Gasteiger charge is -2.14. The van der Waals surface area contributed by atoms with Gasteiger partial charge in [0, 0.05) is 18.2 Å². The van der Waals surface area contributed by atoms with Crippen LogP contribution in [0.1, 0.15) is 0 Å². The highest BCUT2D eigenvalue weighted by atomic mass is 16.6. The SMILES string of the molecule is COB1c2cccc(OCC3CO3)c2-c2c(OCC3CO3)cccc21. The Balaban J connectivity index is 1.57. The van der Waals surface area contributed by atoms with Crippen LogP contribution in [0.4, 0.5) is 0 Å². The largest absolute Gasteiger partial charge is 0.490 e. The molecule has 2 aromatic carbocycles. The maximum Gasteiger partial charge on any atom is 0.362 e. The molecule has 2 fully saturated rings. The van der Waals surface area contributed by atoms with Crippen molar-refractivity contribution < 1.29 is 23.6 Å². The number of rotatable bonds is 7. The number of fused-ring (bicyclic) bond motifs is 3. The van der Waals surface area contributed by atoms with E-state index in [9.17, 15) is 0 Å². The summed E-state index contributed by atoms with van der Waals surface area (Å²) < 4.78 is 28.4. The molecule has 3 aliphatic heterocycles. The van der Waals surface area contributed by atoms with Crippen molar-refractivity contribution in [3.63, 3.8) is 0 Å². The molecule has 0 spiro atoms. The van der Waals surface area contributed by atoms with Crippen molar-refractivity contribution in [2.75, 3.05) is 33.5 Å². The van der Waals surface area contributed by atoms with E-state index >= 15 is 0 Å². The minimum Gasteiger partial charge on any atom is -0.490 e. The number of ether oxygens (including phenoxy) is 4. The summed E-state index contributed by atoms with van der Waals surface area (Å²) in [6.07, 6.45) is 0.432. The maximum atomic E-state index is 6.05. The van der Waals surface area contributed by atoms with Crippen LogP contribution in [-0.2, 0) is 14.1 Å². The number of epoxide rings is 2. The van der Waals surface area contributed by atoms with Crippen molar-refractivity contribution in [3.8, 4) is 22.6 Å². The summed E-state index contributed by atoms with van der Waals surface area (Å²) in [5, 5.41) is 0. The normalized spacial score (nSPS) is 22.4. The van der Waals surface area contributed by atoms with E-state index in [4.69, 9.17) is 23.6 Å².